The number of carbonyl (C=O) groups excluding carboxylic acids is 1. The molecule has 30 heavy (non-hydrogen) atoms. The number of ether oxygens (including phenoxy) is 2. The molecule has 0 aliphatic carbocycles. The van der Waals surface area contributed by atoms with Crippen LogP contribution in [0.2, 0.25) is 0 Å². The van der Waals surface area contributed by atoms with Crippen LogP contribution >= 0.6 is 0 Å². The SMILES string of the molecule is O=C(NCc1cccnc1N1CCOCC1)Nc1ccc(Oc2cnccn2)cc1. The van der Waals surface area contributed by atoms with Gasteiger partial charge in [0.25, 0.3) is 0 Å². The Morgan fingerprint density at radius 3 is 2.67 bits per heavy atom. The first kappa shape index (κ1) is 19.6. The molecule has 0 atom stereocenters. The van der Waals surface area contributed by atoms with Crippen LogP contribution in [0.15, 0.2) is 61.2 Å². The van der Waals surface area contributed by atoms with Gasteiger partial charge in [-0.2, -0.15) is 0 Å². The van der Waals surface area contributed by atoms with Gasteiger partial charge < -0.3 is 25.0 Å². The maximum absolute atomic E-state index is 12.3. The van der Waals surface area contributed by atoms with Crippen LogP contribution in [0.3, 0.4) is 0 Å². The number of nitrogens with zero attached hydrogens (tertiary/aromatic N) is 4. The molecule has 3 aromatic rings. The lowest BCUT2D eigenvalue weighted by Crippen LogP contribution is -2.38. The molecule has 0 spiro atoms. The highest BCUT2D eigenvalue weighted by Gasteiger charge is 2.16. The van der Waals surface area contributed by atoms with Crippen molar-refractivity contribution in [3.05, 3.63) is 66.7 Å². The molecule has 2 aromatic heterocycles. The third kappa shape index (κ3) is 5.21. The van der Waals surface area contributed by atoms with E-state index in [4.69, 9.17) is 9.47 Å². The fourth-order valence-corrected chi connectivity index (χ4v) is 3.04. The summed E-state index contributed by atoms with van der Waals surface area (Å²) in [5.74, 6) is 1.89. The van der Waals surface area contributed by atoms with Gasteiger partial charge in [-0.15, -0.1) is 0 Å². The van der Waals surface area contributed by atoms with Gasteiger partial charge in [0.2, 0.25) is 5.88 Å². The van der Waals surface area contributed by atoms with Gasteiger partial charge in [-0.05, 0) is 30.3 Å². The fraction of sp³-hybridized carbons (Fsp3) is 0.238. The molecule has 4 rings (SSSR count). The number of pyridine rings is 1. The van der Waals surface area contributed by atoms with Crippen LogP contribution in [0.4, 0.5) is 16.3 Å². The Hall–Kier alpha value is -3.72. The van der Waals surface area contributed by atoms with Crippen molar-refractivity contribution in [2.45, 2.75) is 6.54 Å². The van der Waals surface area contributed by atoms with Gasteiger partial charge in [-0.1, -0.05) is 6.07 Å². The Morgan fingerprint density at radius 1 is 1.07 bits per heavy atom. The number of amides is 2. The summed E-state index contributed by atoms with van der Waals surface area (Å²) in [5, 5.41) is 5.70. The number of urea groups is 1. The highest BCUT2D eigenvalue weighted by molar-refractivity contribution is 5.89. The first-order valence-electron chi connectivity index (χ1n) is 9.63. The number of morpholine rings is 1. The van der Waals surface area contributed by atoms with Gasteiger partial charge >= 0.3 is 6.03 Å². The van der Waals surface area contributed by atoms with Gasteiger partial charge in [0.1, 0.15) is 11.6 Å². The Balaban J connectivity index is 1.31. The molecule has 1 fully saturated rings. The second-order valence-electron chi connectivity index (χ2n) is 6.56. The van der Waals surface area contributed by atoms with E-state index in [0.717, 1.165) is 24.5 Å². The van der Waals surface area contributed by atoms with E-state index >= 15 is 0 Å². The van der Waals surface area contributed by atoms with Crippen molar-refractivity contribution >= 4 is 17.5 Å². The highest BCUT2D eigenvalue weighted by Crippen LogP contribution is 2.21. The molecule has 154 valence electrons. The molecule has 1 aliphatic rings. The zero-order valence-electron chi connectivity index (χ0n) is 16.3. The zero-order chi connectivity index (χ0) is 20.6. The maximum Gasteiger partial charge on any atom is 0.319 e. The summed E-state index contributed by atoms with van der Waals surface area (Å²) < 4.78 is 11.0. The van der Waals surface area contributed by atoms with Crippen molar-refractivity contribution in [3.8, 4) is 11.6 Å². The molecule has 0 bridgehead atoms. The standard InChI is InChI=1S/C21H22N6O3/c28-21(25-14-16-2-1-7-24-20(16)27-10-12-29-13-11-27)26-17-3-5-18(6-4-17)30-19-15-22-8-9-23-19/h1-9,15H,10-14H2,(H2,25,26,28). The lowest BCUT2D eigenvalue weighted by Gasteiger charge is -2.29. The van der Waals surface area contributed by atoms with E-state index < -0.39 is 0 Å². The number of aromatic nitrogens is 3. The van der Waals surface area contributed by atoms with Gasteiger partial charge in [0, 0.05) is 49.5 Å². The van der Waals surface area contributed by atoms with Crippen molar-refractivity contribution in [2.75, 3.05) is 36.5 Å². The molecule has 0 radical (unpaired) electrons. The van der Waals surface area contributed by atoms with Crippen LogP contribution in [-0.4, -0.2) is 47.3 Å². The third-order valence-corrected chi connectivity index (χ3v) is 4.49. The van der Waals surface area contributed by atoms with E-state index in [2.05, 4.69) is 30.5 Å². The van der Waals surface area contributed by atoms with Gasteiger partial charge in [0.05, 0.1) is 19.4 Å². The van der Waals surface area contributed by atoms with Crippen LogP contribution in [0, 0.1) is 0 Å². The predicted octanol–water partition coefficient (Wildman–Crippen LogP) is 2.82. The largest absolute Gasteiger partial charge is 0.438 e. The molecular weight excluding hydrogens is 384 g/mol. The highest BCUT2D eigenvalue weighted by atomic mass is 16.5. The Labute approximate surface area is 174 Å². The van der Waals surface area contributed by atoms with E-state index in [9.17, 15) is 4.79 Å². The summed E-state index contributed by atoms with van der Waals surface area (Å²) in [4.78, 5) is 27.0. The topological polar surface area (TPSA) is 102 Å². The minimum absolute atomic E-state index is 0.297. The Morgan fingerprint density at radius 2 is 1.90 bits per heavy atom. The van der Waals surface area contributed by atoms with E-state index in [0.29, 0.717) is 37.1 Å². The van der Waals surface area contributed by atoms with Crippen LogP contribution in [-0.2, 0) is 11.3 Å². The molecule has 2 amide bonds. The summed E-state index contributed by atoms with van der Waals surface area (Å²) in [7, 11) is 0. The van der Waals surface area contributed by atoms with Crippen molar-refractivity contribution < 1.29 is 14.3 Å². The minimum Gasteiger partial charge on any atom is -0.438 e. The zero-order valence-corrected chi connectivity index (χ0v) is 16.3. The number of nitrogens with one attached hydrogen (secondary N) is 2. The van der Waals surface area contributed by atoms with Crippen LogP contribution in [0.1, 0.15) is 5.56 Å². The smallest absolute Gasteiger partial charge is 0.319 e. The number of anilines is 2. The first-order valence-corrected chi connectivity index (χ1v) is 9.63. The normalized spacial score (nSPS) is 13.5. The molecule has 0 unspecified atom stereocenters. The number of carbonyl (C=O) groups is 1. The minimum atomic E-state index is -0.297. The third-order valence-electron chi connectivity index (χ3n) is 4.49. The molecule has 1 saturated heterocycles. The van der Waals surface area contributed by atoms with Crippen LogP contribution in [0.25, 0.3) is 0 Å². The average Bonchev–Trinajstić information content (AvgIpc) is 2.80. The molecule has 9 heteroatoms. The molecule has 9 nitrogen and oxygen atoms in total. The van der Waals surface area contributed by atoms with Crippen molar-refractivity contribution in [1.29, 1.82) is 0 Å². The predicted molar refractivity (Wildman–Crippen MR) is 112 cm³/mol. The Kier molecular flexibility index (Phi) is 6.31. The van der Waals surface area contributed by atoms with E-state index in [1.54, 1.807) is 42.9 Å². The maximum atomic E-state index is 12.3. The average molecular weight is 406 g/mol. The Bertz CT molecular complexity index is 962. The van der Waals surface area contributed by atoms with Gasteiger partial charge in [-0.3, -0.25) is 4.98 Å². The number of hydrogen-bond donors (Lipinski definition) is 2. The lowest BCUT2D eigenvalue weighted by atomic mass is 10.2. The second-order valence-corrected chi connectivity index (χ2v) is 6.56. The lowest BCUT2D eigenvalue weighted by molar-refractivity contribution is 0.122. The summed E-state index contributed by atoms with van der Waals surface area (Å²) in [5.41, 5.74) is 1.61. The summed E-state index contributed by atoms with van der Waals surface area (Å²) in [6.07, 6.45) is 6.43. The summed E-state index contributed by atoms with van der Waals surface area (Å²) in [6, 6.07) is 10.6. The van der Waals surface area contributed by atoms with E-state index in [1.165, 1.54) is 6.20 Å². The van der Waals surface area contributed by atoms with Crippen molar-refractivity contribution in [2.24, 2.45) is 0 Å². The monoisotopic (exact) mass is 406 g/mol. The van der Waals surface area contributed by atoms with Crippen LogP contribution < -0.4 is 20.3 Å². The van der Waals surface area contributed by atoms with Crippen molar-refractivity contribution in [1.82, 2.24) is 20.3 Å². The molecule has 1 aromatic carbocycles. The molecule has 3 heterocycles. The summed E-state index contributed by atoms with van der Waals surface area (Å²) in [6.45, 7) is 3.32. The first-order chi connectivity index (χ1) is 14.8. The van der Waals surface area contributed by atoms with Crippen molar-refractivity contribution in [3.63, 3.8) is 0 Å². The fourth-order valence-electron chi connectivity index (χ4n) is 3.04. The second kappa shape index (κ2) is 9.66. The number of benzene rings is 1. The van der Waals surface area contributed by atoms with Gasteiger partial charge in [0.15, 0.2) is 0 Å². The number of rotatable bonds is 6. The quantitative estimate of drug-likeness (QED) is 0.649. The number of hydrogen-bond acceptors (Lipinski definition) is 7. The molecule has 1 aliphatic heterocycles. The van der Waals surface area contributed by atoms with Gasteiger partial charge in [-0.25, -0.2) is 14.8 Å². The molecule has 2 N–H and O–H groups in total. The molecular formula is C21H22N6O3. The van der Waals surface area contributed by atoms with Crippen LogP contribution in [0.5, 0.6) is 11.6 Å². The van der Waals surface area contributed by atoms with E-state index in [-0.39, 0.29) is 6.03 Å². The summed E-state index contributed by atoms with van der Waals surface area (Å²) >= 11 is 0. The van der Waals surface area contributed by atoms with E-state index in [1.807, 2.05) is 12.1 Å². The molecule has 0 saturated carbocycles.